The van der Waals surface area contributed by atoms with Gasteiger partial charge in [-0.05, 0) is 0 Å². The van der Waals surface area contributed by atoms with Crippen molar-refractivity contribution in [2.75, 3.05) is 0 Å². The van der Waals surface area contributed by atoms with E-state index in [1.807, 2.05) is 32.6 Å². The maximum Gasteiger partial charge on any atom is 1.00 e. The minimum atomic E-state index is -3.45. The first-order chi connectivity index (χ1) is 5.58. The van der Waals surface area contributed by atoms with Gasteiger partial charge in [-0.2, -0.15) is 0 Å². The Morgan fingerprint density at radius 2 is 1.92 bits per heavy atom. The summed E-state index contributed by atoms with van der Waals surface area (Å²) in [4.78, 5) is 0. The van der Waals surface area contributed by atoms with Crippen LogP contribution in [-0.2, 0) is 19.2 Å². The Bertz CT molecular complexity index is 338. The molecular weight excluding hydrogens is 266 g/mol. The minimum Gasteiger partial charge on any atom is 1.00 e. The number of hydrogen-bond donors (Lipinski definition) is 0. The van der Waals surface area contributed by atoms with Crippen molar-refractivity contribution in [2.24, 2.45) is 0 Å². The molecule has 0 aliphatic carbocycles. The summed E-state index contributed by atoms with van der Waals surface area (Å²) in [5.74, 6) is 0. The van der Waals surface area contributed by atoms with Gasteiger partial charge in [0.05, 0.1) is 0 Å². The molecule has 0 aromatic heterocycles. The van der Waals surface area contributed by atoms with Gasteiger partial charge in [0.15, 0.2) is 0 Å². The van der Waals surface area contributed by atoms with Crippen molar-refractivity contribution in [3.8, 4) is 0 Å². The van der Waals surface area contributed by atoms with Crippen LogP contribution >= 0.6 is 0 Å². The zero-order valence-electron chi connectivity index (χ0n) is 7.14. The molecule has 1 aromatic rings. The first-order valence-corrected chi connectivity index (χ1v) is 6.65. The van der Waals surface area contributed by atoms with Gasteiger partial charge in [0.1, 0.15) is 0 Å². The van der Waals surface area contributed by atoms with Gasteiger partial charge >= 0.3 is 108 Å². The Labute approximate surface area is 107 Å². The van der Waals surface area contributed by atoms with Gasteiger partial charge in [0.25, 0.3) is 0 Å². The van der Waals surface area contributed by atoms with Crippen LogP contribution in [0.25, 0.3) is 0 Å². The molecule has 13 heavy (non-hydrogen) atoms. The van der Waals surface area contributed by atoms with Crippen molar-refractivity contribution in [3.63, 3.8) is 0 Å². The van der Waals surface area contributed by atoms with E-state index in [0.29, 0.717) is 0 Å². The van der Waals surface area contributed by atoms with E-state index in [-0.39, 0.29) is 36.2 Å². The van der Waals surface area contributed by atoms with E-state index in [0.717, 1.165) is 5.56 Å². The predicted molar refractivity (Wildman–Crippen MR) is 45.9 cm³/mol. The third kappa shape index (κ3) is 6.82. The second kappa shape index (κ2) is 6.32. The van der Waals surface area contributed by atoms with Crippen LogP contribution in [0.5, 0.6) is 0 Å². The molecule has 0 amide bonds. The number of rotatable bonds is 3. The molecule has 1 atom stereocenters. The summed E-state index contributed by atoms with van der Waals surface area (Å²) in [5, 5.41) is 0. The van der Waals surface area contributed by atoms with E-state index in [1.54, 1.807) is 12.1 Å². The van der Waals surface area contributed by atoms with Crippen molar-refractivity contribution in [2.45, 2.75) is 6.61 Å². The van der Waals surface area contributed by atoms with Crippen molar-refractivity contribution in [3.05, 3.63) is 35.9 Å². The molecule has 3 nitrogen and oxygen atoms in total. The molecule has 66 valence electrons. The SMILES string of the molecule is O=S([O-])(=[Se])OCc1ccccc1.[Na+]. The molecule has 6 heteroatoms. The van der Waals surface area contributed by atoms with Crippen LogP contribution in [0.2, 0.25) is 0 Å². The summed E-state index contributed by atoms with van der Waals surface area (Å²) in [6.07, 6.45) is 0. The maximum absolute atomic E-state index is 10.5. The smallest absolute Gasteiger partial charge is 1.00 e. The molecule has 0 N–H and O–H groups in total. The van der Waals surface area contributed by atoms with Crippen molar-refractivity contribution < 1.29 is 42.5 Å². The van der Waals surface area contributed by atoms with Crippen LogP contribution in [0.1, 0.15) is 5.56 Å². The fraction of sp³-hybridized carbons (Fsp3) is 0.143. The average molecular weight is 273 g/mol. The molecule has 0 saturated carbocycles. The van der Waals surface area contributed by atoms with Crippen LogP contribution in [0.3, 0.4) is 0 Å². The molecule has 1 rings (SSSR count). The zero-order valence-corrected chi connectivity index (χ0v) is 11.7. The van der Waals surface area contributed by atoms with E-state index in [4.69, 9.17) is 0 Å². The third-order valence-electron chi connectivity index (χ3n) is 1.21. The van der Waals surface area contributed by atoms with E-state index in [1.165, 1.54) is 0 Å². The van der Waals surface area contributed by atoms with Gasteiger partial charge in [-0.3, -0.25) is 0 Å². The van der Waals surface area contributed by atoms with Gasteiger partial charge in [0.2, 0.25) is 0 Å². The topological polar surface area (TPSA) is 49.4 Å². The Balaban J connectivity index is 0.00000144. The Morgan fingerprint density at radius 3 is 2.38 bits per heavy atom. The Morgan fingerprint density at radius 1 is 1.38 bits per heavy atom. The molecule has 0 aliphatic rings. The van der Waals surface area contributed by atoms with E-state index < -0.39 is 8.42 Å². The van der Waals surface area contributed by atoms with Crippen molar-refractivity contribution >= 4 is 22.8 Å². The average Bonchev–Trinajstić information content (AvgIpc) is 2.02. The van der Waals surface area contributed by atoms with Gasteiger partial charge < -0.3 is 0 Å². The molecule has 0 radical (unpaired) electrons. The van der Waals surface area contributed by atoms with Crippen LogP contribution in [0, 0.1) is 0 Å². The minimum absolute atomic E-state index is 0. The largest absolute Gasteiger partial charge is 1.00 e. The van der Waals surface area contributed by atoms with Gasteiger partial charge in [-0.1, -0.05) is 0 Å². The first kappa shape index (κ1) is 13.8. The van der Waals surface area contributed by atoms with Gasteiger partial charge in [-0.15, -0.1) is 0 Å². The van der Waals surface area contributed by atoms with E-state index in [9.17, 15) is 8.76 Å². The third-order valence-corrected chi connectivity index (χ3v) is 2.22. The quantitative estimate of drug-likeness (QED) is 0.578. The van der Waals surface area contributed by atoms with Crippen LogP contribution in [0.15, 0.2) is 30.3 Å². The van der Waals surface area contributed by atoms with E-state index >= 15 is 0 Å². The summed E-state index contributed by atoms with van der Waals surface area (Å²) in [6.45, 7) is 0.0795. The molecular formula is C7H7NaO3SSe. The molecule has 0 bridgehead atoms. The monoisotopic (exact) mass is 274 g/mol. The Kier molecular flexibility index (Phi) is 6.72. The van der Waals surface area contributed by atoms with Crippen LogP contribution < -0.4 is 29.6 Å². The van der Waals surface area contributed by atoms with Crippen molar-refractivity contribution in [1.29, 1.82) is 0 Å². The summed E-state index contributed by atoms with van der Waals surface area (Å²) in [7, 11) is -3.45. The molecule has 0 aliphatic heterocycles. The number of hydrogen-bond acceptors (Lipinski definition) is 3. The second-order valence-corrected chi connectivity index (χ2v) is 5.78. The van der Waals surface area contributed by atoms with Gasteiger partial charge in [0, 0.05) is 0 Å². The molecule has 1 unspecified atom stereocenters. The molecule has 0 fully saturated rings. The molecule has 0 spiro atoms. The fourth-order valence-corrected chi connectivity index (χ4v) is 1.30. The second-order valence-electron chi connectivity index (χ2n) is 2.16. The summed E-state index contributed by atoms with van der Waals surface area (Å²) in [5.41, 5.74) is 0.830. The summed E-state index contributed by atoms with van der Waals surface area (Å²) >= 11 is 1.94. The van der Waals surface area contributed by atoms with Crippen molar-refractivity contribution in [1.82, 2.24) is 0 Å². The fourth-order valence-electron chi connectivity index (χ4n) is 0.714. The van der Waals surface area contributed by atoms with Crippen LogP contribution in [0.4, 0.5) is 0 Å². The first-order valence-electron chi connectivity index (χ1n) is 3.22. The molecule has 1 aromatic carbocycles. The summed E-state index contributed by atoms with van der Waals surface area (Å²) < 4.78 is 25.6. The number of benzene rings is 1. The summed E-state index contributed by atoms with van der Waals surface area (Å²) in [6, 6.07) is 9.10. The van der Waals surface area contributed by atoms with E-state index in [2.05, 4.69) is 4.18 Å². The van der Waals surface area contributed by atoms with Crippen LogP contribution in [-0.4, -0.2) is 23.1 Å². The zero-order chi connectivity index (χ0) is 9.03. The standard InChI is InChI=1S/C7H8O3SSe.Na/c8-11(9,12)10-6-7-4-2-1-3-5-7;/h1-5H,6H2,(H,8,9,12);/q;+1/p-1. The molecule has 0 heterocycles. The van der Waals surface area contributed by atoms with Gasteiger partial charge in [-0.25, -0.2) is 0 Å². The maximum atomic E-state index is 10.5. The Hall–Kier alpha value is 0.809. The molecule has 0 saturated heterocycles. The normalized spacial score (nSPS) is 14.2. The predicted octanol–water partition coefficient (Wildman–Crippen LogP) is -2.38.